The molecule has 8 heteroatoms. The largest absolute Gasteiger partial charge is 0.487 e. The third-order valence-corrected chi connectivity index (χ3v) is 7.08. The molecule has 1 fully saturated rings. The Kier molecular flexibility index (Phi) is 4.89. The van der Waals surface area contributed by atoms with Crippen LogP contribution in [-0.2, 0) is 10.0 Å². The highest BCUT2D eigenvalue weighted by Gasteiger charge is 2.44. The zero-order valence-corrected chi connectivity index (χ0v) is 16.3. The highest BCUT2D eigenvalue weighted by atomic mass is 32.2. The zero-order chi connectivity index (χ0) is 19.9. The number of benzene rings is 2. The monoisotopic (exact) mass is 408 g/mol. The molecule has 4 rings (SSSR count). The molecule has 2 aliphatic rings. The molecule has 0 bridgehead atoms. The van der Waals surface area contributed by atoms with Crippen LogP contribution in [0.25, 0.3) is 0 Å². The van der Waals surface area contributed by atoms with Crippen molar-refractivity contribution in [3.8, 4) is 5.75 Å². The van der Waals surface area contributed by atoms with Gasteiger partial charge in [0.2, 0.25) is 10.0 Å². The van der Waals surface area contributed by atoms with Crippen LogP contribution in [0.4, 0.5) is 8.78 Å². The Labute approximate surface area is 163 Å². The number of nitrogens with zero attached hydrogens (tertiary/aromatic N) is 1. The number of ether oxygens (including phenoxy) is 1. The van der Waals surface area contributed by atoms with E-state index in [1.54, 1.807) is 0 Å². The number of piperidine rings is 1. The second kappa shape index (κ2) is 7.09. The van der Waals surface area contributed by atoms with Crippen molar-refractivity contribution in [2.24, 2.45) is 0 Å². The number of nitrogens with one attached hydrogen (secondary N) is 1. The number of para-hydroxylation sites is 1. The first-order valence-electron chi connectivity index (χ1n) is 9.22. The van der Waals surface area contributed by atoms with Gasteiger partial charge in [-0.1, -0.05) is 18.2 Å². The molecule has 0 saturated carbocycles. The molecular weight excluding hydrogens is 386 g/mol. The van der Waals surface area contributed by atoms with E-state index in [1.165, 1.54) is 0 Å². The van der Waals surface area contributed by atoms with Gasteiger partial charge in [-0.15, -0.1) is 0 Å². The molecule has 28 heavy (non-hydrogen) atoms. The van der Waals surface area contributed by atoms with Crippen LogP contribution in [0.15, 0.2) is 47.4 Å². The van der Waals surface area contributed by atoms with E-state index in [0.717, 1.165) is 43.6 Å². The average Bonchev–Trinajstić information content (AvgIpc) is 2.64. The maximum absolute atomic E-state index is 14.1. The molecule has 1 saturated heterocycles. The summed E-state index contributed by atoms with van der Waals surface area (Å²) in [6, 6.07) is 9.21. The lowest BCUT2D eigenvalue weighted by atomic mass is 9.81. The molecule has 1 atom stereocenters. The Morgan fingerprint density at radius 1 is 1.14 bits per heavy atom. The van der Waals surface area contributed by atoms with E-state index in [0.29, 0.717) is 18.2 Å². The number of sulfonamides is 1. The minimum absolute atomic E-state index is 0.458. The number of hydrogen-bond acceptors (Lipinski definition) is 4. The molecule has 0 aromatic heterocycles. The van der Waals surface area contributed by atoms with Crippen molar-refractivity contribution in [2.45, 2.75) is 35.8 Å². The molecule has 2 aromatic rings. The zero-order valence-electron chi connectivity index (χ0n) is 15.5. The fourth-order valence-corrected chi connectivity index (χ4v) is 5.27. The summed E-state index contributed by atoms with van der Waals surface area (Å²) in [5.41, 5.74) is 0.258. The summed E-state index contributed by atoms with van der Waals surface area (Å²) in [5.74, 6) is -1.29. The first-order valence-corrected chi connectivity index (χ1v) is 10.7. The van der Waals surface area contributed by atoms with Crippen LogP contribution in [0.5, 0.6) is 5.75 Å². The number of likely N-dealkylation sites (tertiary alicyclic amines) is 1. The lowest BCUT2D eigenvalue weighted by Gasteiger charge is -2.46. The van der Waals surface area contributed by atoms with Gasteiger partial charge in [0.25, 0.3) is 0 Å². The predicted octanol–water partition coefficient (Wildman–Crippen LogP) is 3.23. The van der Waals surface area contributed by atoms with E-state index in [1.807, 2.05) is 31.3 Å². The van der Waals surface area contributed by atoms with Gasteiger partial charge < -0.3 is 9.64 Å². The Morgan fingerprint density at radius 2 is 1.86 bits per heavy atom. The van der Waals surface area contributed by atoms with Crippen molar-refractivity contribution in [1.29, 1.82) is 0 Å². The molecule has 150 valence electrons. The standard InChI is InChI=1S/C20H22F2N2O3S/c1-24-10-8-20(9-11-24)13-17(15-4-2-3-5-18(15)27-20)23-28(25,26)19-7-6-14(21)12-16(19)22/h2-7,12,17,23H,8-11,13H2,1H3. The highest BCUT2D eigenvalue weighted by Crippen LogP contribution is 2.44. The maximum Gasteiger partial charge on any atom is 0.244 e. The van der Waals surface area contributed by atoms with Gasteiger partial charge in [0.05, 0.1) is 6.04 Å². The lowest BCUT2D eigenvalue weighted by molar-refractivity contribution is -0.0179. The van der Waals surface area contributed by atoms with Crippen LogP contribution in [0.3, 0.4) is 0 Å². The van der Waals surface area contributed by atoms with Crippen molar-refractivity contribution in [2.75, 3.05) is 20.1 Å². The molecule has 1 N–H and O–H groups in total. The number of fused-ring (bicyclic) bond motifs is 1. The van der Waals surface area contributed by atoms with Gasteiger partial charge in [0, 0.05) is 31.1 Å². The quantitative estimate of drug-likeness (QED) is 0.847. The lowest BCUT2D eigenvalue weighted by Crippen LogP contribution is -2.51. The summed E-state index contributed by atoms with van der Waals surface area (Å²) in [4.78, 5) is 1.65. The van der Waals surface area contributed by atoms with Crippen LogP contribution in [-0.4, -0.2) is 39.1 Å². The third kappa shape index (κ3) is 3.64. The van der Waals surface area contributed by atoms with Crippen LogP contribution in [0, 0.1) is 11.6 Å². The summed E-state index contributed by atoms with van der Waals surface area (Å²) < 4.78 is 61.9. The average molecular weight is 408 g/mol. The van der Waals surface area contributed by atoms with Crippen molar-refractivity contribution in [3.63, 3.8) is 0 Å². The second-order valence-electron chi connectivity index (χ2n) is 7.58. The van der Waals surface area contributed by atoms with Gasteiger partial charge in [-0.25, -0.2) is 21.9 Å². The van der Waals surface area contributed by atoms with E-state index in [9.17, 15) is 17.2 Å². The van der Waals surface area contributed by atoms with Gasteiger partial charge in [-0.05, 0) is 38.1 Å². The highest BCUT2D eigenvalue weighted by molar-refractivity contribution is 7.89. The molecule has 0 aliphatic carbocycles. The SMILES string of the molecule is CN1CCC2(CC1)CC(NS(=O)(=O)c1ccc(F)cc1F)c1ccccc1O2. The number of halogens is 2. The summed E-state index contributed by atoms with van der Waals surface area (Å²) in [6.07, 6.45) is 2.02. The van der Waals surface area contributed by atoms with Gasteiger partial charge >= 0.3 is 0 Å². The van der Waals surface area contributed by atoms with Crippen molar-refractivity contribution >= 4 is 10.0 Å². The molecule has 5 nitrogen and oxygen atoms in total. The number of rotatable bonds is 3. The molecule has 2 heterocycles. The van der Waals surface area contributed by atoms with E-state index in [-0.39, 0.29) is 0 Å². The summed E-state index contributed by atoms with van der Waals surface area (Å²) in [7, 11) is -2.13. The molecule has 1 unspecified atom stereocenters. The smallest absolute Gasteiger partial charge is 0.244 e. The number of hydrogen-bond donors (Lipinski definition) is 1. The van der Waals surface area contributed by atoms with E-state index in [4.69, 9.17) is 4.74 Å². The Bertz CT molecular complexity index is 989. The maximum atomic E-state index is 14.1. The first kappa shape index (κ1) is 19.3. The summed E-state index contributed by atoms with van der Waals surface area (Å²) in [6.45, 7) is 1.71. The van der Waals surface area contributed by atoms with Crippen molar-refractivity contribution < 1.29 is 21.9 Å². The van der Waals surface area contributed by atoms with Crippen LogP contribution >= 0.6 is 0 Å². The third-order valence-electron chi connectivity index (χ3n) is 5.58. The molecule has 2 aliphatic heterocycles. The van der Waals surface area contributed by atoms with Gasteiger partial charge in [-0.3, -0.25) is 0 Å². The molecule has 0 amide bonds. The van der Waals surface area contributed by atoms with Gasteiger partial charge in [-0.2, -0.15) is 0 Å². The molecular formula is C20H22F2N2O3S. The van der Waals surface area contributed by atoms with E-state index in [2.05, 4.69) is 9.62 Å². The Morgan fingerprint density at radius 3 is 2.57 bits per heavy atom. The first-order chi connectivity index (χ1) is 13.3. The fraction of sp³-hybridized carbons (Fsp3) is 0.400. The molecule has 0 radical (unpaired) electrons. The van der Waals surface area contributed by atoms with Crippen molar-refractivity contribution in [3.05, 3.63) is 59.7 Å². The summed E-state index contributed by atoms with van der Waals surface area (Å²) >= 11 is 0. The Hall–Kier alpha value is -2.03. The Balaban J connectivity index is 1.67. The van der Waals surface area contributed by atoms with Gasteiger partial charge in [0.15, 0.2) is 0 Å². The molecule has 1 spiro atoms. The van der Waals surface area contributed by atoms with E-state index >= 15 is 0 Å². The van der Waals surface area contributed by atoms with Crippen LogP contribution < -0.4 is 9.46 Å². The normalized spacial score (nSPS) is 21.9. The fourth-order valence-electron chi connectivity index (χ4n) is 4.00. The minimum atomic E-state index is -4.17. The van der Waals surface area contributed by atoms with Crippen LogP contribution in [0.1, 0.15) is 30.9 Å². The van der Waals surface area contributed by atoms with Crippen molar-refractivity contribution in [1.82, 2.24) is 9.62 Å². The second-order valence-corrected chi connectivity index (χ2v) is 9.26. The van der Waals surface area contributed by atoms with Crippen LogP contribution in [0.2, 0.25) is 0 Å². The molecule has 2 aromatic carbocycles. The van der Waals surface area contributed by atoms with E-state index < -0.39 is 38.2 Å². The topological polar surface area (TPSA) is 58.6 Å². The predicted molar refractivity (Wildman–Crippen MR) is 101 cm³/mol. The summed E-state index contributed by atoms with van der Waals surface area (Å²) in [5, 5.41) is 0. The van der Waals surface area contributed by atoms with Gasteiger partial charge in [0.1, 0.15) is 27.9 Å². The minimum Gasteiger partial charge on any atom is -0.487 e.